The molecule has 0 aromatic rings. The molecule has 4 nitrogen and oxygen atoms in total. The lowest BCUT2D eigenvalue weighted by atomic mass is 10.1. The first-order valence-electron chi connectivity index (χ1n) is 8.31. The smallest absolute Gasteiger partial charge is 0.327 e. The van der Waals surface area contributed by atoms with Gasteiger partial charge in [0.1, 0.15) is 6.04 Å². The number of hydrogen-bond acceptors (Lipinski definition) is 3. The molecule has 5 heteroatoms. The maximum absolute atomic E-state index is 10.9. The van der Waals surface area contributed by atoms with Crippen molar-refractivity contribution in [3.05, 3.63) is 34.9 Å². The summed E-state index contributed by atoms with van der Waals surface area (Å²) in [4.78, 5) is 21.2. The fourth-order valence-electron chi connectivity index (χ4n) is 2.00. The maximum Gasteiger partial charge on any atom is 0.327 e. The van der Waals surface area contributed by atoms with Crippen LogP contribution in [0.25, 0.3) is 0 Å². The molecular weight excluding hydrogens is 322 g/mol. The Morgan fingerprint density at radius 2 is 1.62 bits per heavy atom. The number of nitrogens with one attached hydrogen (secondary N) is 1. The summed E-state index contributed by atoms with van der Waals surface area (Å²) in [6, 6.07) is -0.812. The Bertz CT molecular complexity index is 477. The van der Waals surface area contributed by atoms with Crippen molar-refractivity contribution in [2.45, 2.75) is 59.4 Å². The van der Waals surface area contributed by atoms with Gasteiger partial charge >= 0.3 is 5.97 Å². The van der Waals surface area contributed by atoms with Crippen molar-refractivity contribution >= 4 is 24.1 Å². The topological polar surface area (TPSA) is 66.4 Å². The summed E-state index contributed by atoms with van der Waals surface area (Å²) < 4.78 is 0. The van der Waals surface area contributed by atoms with Crippen molar-refractivity contribution in [1.29, 1.82) is 0 Å². The number of thioether (sulfide) groups is 1. The molecule has 0 fully saturated rings. The number of carboxylic acid groups (broad SMARTS) is 1. The zero-order valence-electron chi connectivity index (χ0n) is 15.3. The Hall–Kier alpha value is -1.49. The second kappa shape index (κ2) is 13.9. The maximum atomic E-state index is 10.9. The normalized spacial score (nSPS) is 13.3. The monoisotopic (exact) mass is 353 g/mol. The van der Waals surface area contributed by atoms with Gasteiger partial charge in [-0.3, -0.25) is 4.79 Å². The molecule has 1 atom stereocenters. The first kappa shape index (κ1) is 22.5. The minimum Gasteiger partial charge on any atom is -0.480 e. The highest BCUT2D eigenvalue weighted by Crippen LogP contribution is 2.12. The molecule has 0 unspecified atom stereocenters. The van der Waals surface area contributed by atoms with Gasteiger partial charge in [-0.2, -0.15) is 11.8 Å². The average molecular weight is 354 g/mol. The van der Waals surface area contributed by atoms with Gasteiger partial charge in [0.2, 0.25) is 6.41 Å². The van der Waals surface area contributed by atoms with E-state index in [0.29, 0.717) is 12.2 Å². The third kappa shape index (κ3) is 13.0. The van der Waals surface area contributed by atoms with Gasteiger partial charge in [0.15, 0.2) is 0 Å². The number of amides is 1. The summed E-state index contributed by atoms with van der Waals surface area (Å²) in [6.45, 7) is 8.53. The van der Waals surface area contributed by atoms with Crippen LogP contribution in [-0.2, 0) is 9.59 Å². The van der Waals surface area contributed by atoms with E-state index in [2.05, 4.69) is 51.2 Å². The van der Waals surface area contributed by atoms with E-state index < -0.39 is 12.0 Å². The summed E-state index contributed by atoms with van der Waals surface area (Å²) in [5.74, 6) is 0.143. The van der Waals surface area contributed by atoms with Crippen molar-refractivity contribution in [2.24, 2.45) is 0 Å². The van der Waals surface area contributed by atoms with E-state index in [4.69, 9.17) is 5.11 Å². The van der Waals surface area contributed by atoms with E-state index in [9.17, 15) is 9.59 Å². The zero-order valence-corrected chi connectivity index (χ0v) is 16.1. The van der Waals surface area contributed by atoms with Crippen LogP contribution in [0.15, 0.2) is 34.9 Å². The zero-order chi connectivity index (χ0) is 18.4. The number of allylic oxidation sites excluding steroid dienone is 5. The first-order chi connectivity index (χ1) is 11.4. The number of rotatable bonds is 13. The van der Waals surface area contributed by atoms with Crippen molar-refractivity contribution in [3.63, 3.8) is 0 Å². The molecule has 0 aliphatic rings. The van der Waals surface area contributed by atoms with Crippen LogP contribution in [0.2, 0.25) is 0 Å². The van der Waals surface area contributed by atoms with E-state index in [-0.39, 0.29) is 0 Å². The first-order valence-corrected chi connectivity index (χ1v) is 9.47. The molecule has 0 rings (SSSR count). The van der Waals surface area contributed by atoms with Crippen LogP contribution in [-0.4, -0.2) is 35.0 Å². The highest BCUT2D eigenvalue weighted by atomic mass is 32.2. The fourth-order valence-corrected chi connectivity index (χ4v) is 3.01. The van der Waals surface area contributed by atoms with Crippen molar-refractivity contribution in [2.75, 3.05) is 11.5 Å². The molecule has 0 aromatic heterocycles. The van der Waals surface area contributed by atoms with Gasteiger partial charge in [0.05, 0.1) is 0 Å². The lowest BCUT2D eigenvalue weighted by Crippen LogP contribution is -2.37. The minimum atomic E-state index is -0.996. The third-order valence-corrected chi connectivity index (χ3v) is 4.50. The predicted octanol–water partition coefficient (Wildman–Crippen LogP) is 4.34. The Balaban J connectivity index is 4.00. The van der Waals surface area contributed by atoms with Crippen LogP contribution in [0.4, 0.5) is 0 Å². The van der Waals surface area contributed by atoms with Gasteiger partial charge in [0, 0.05) is 11.5 Å². The second-order valence-corrected chi connectivity index (χ2v) is 7.25. The molecule has 0 heterocycles. The molecule has 0 spiro atoms. The van der Waals surface area contributed by atoms with Crippen LogP contribution in [0.1, 0.15) is 53.4 Å². The van der Waals surface area contributed by atoms with Crippen LogP contribution < -0.4 is 5.32 Å². The van der Waals surface area contributed by atoms with E-state index in [0.717, 1.165) is 31.4 Å². The summed E-state index contributed by atoms with van der Waals surface area (Å²) >= 11 is 1.51. The highest BCUT2D eigenvalue weighted by Gasteiger charge is 2.15. The van der Waals surface area contributed by atoms with Gasteiger partial charge in [-0.25, -0.2) is 4.79 Å². The number of carbonyl (C=O) groups excluding carboxylic acids is 1. The summed E-state index contributed by atoms with van der Waals surface area (Å²) in [5.41, 5.74) is 4.11. The van der Waals surface area contributed by atoms with Gasteiger partial charge in [0.25, 0.3) is 0 Å². The lowest BCUT2D eigenvalue weighted by molar-refractivity contribution is -0.139. The average Bonchev–Trinajstić information content (AvgIpc) is 2.49. The number of carboxylic acids is 1. The Kier molecular flexibility index (Phi) is 13.0. The molecule has 0 saturated heterocycles. The molecular formula is C19H31NO3S. The van der Waals surface area contributed by atoms with Gasteiger partial charge in [-0.1, -0.05) is 34.9 Å². The van der Waals surface area contributed by atoms with Gasteiger partial charge in [-0.15, -0.1) is 0 Å². The second-order valence-electron chi connectivity index (χ2n) is 6.17. The summed E-state index contributed by atoms with van der Waals surface area (Å²) in [6.07, 6.45) is 11.4. The fraction of sp³-hybridized carbons (Fsp3) is 0.579. The molecule has 0 aromatic carbocycles. The molecule has 136 valence electrons. The summed E-state index contributed by atoms with van der Waals surface area (Å²) in [5, 5.41) is 11.2. The van der Waals surface area contributed by atoms with E-state index in [1.165, 1.54) is 28.5 Å². The van der Waals surface area contributed by atoms with E-state index >= 15 is 0 Å². The quantitative estimate of drug-likeness (QED) is 0.294. The molecule has 0 saturated carbocycles. The highest BCUT2D eigenvalue weighted by molar-refractivity contribution is 7.99. The molecule has 24 heavy (non-hydrogen) atoms. The largest absolute Gasteiger partial charge is 0.480 e. The van der Waals surface area contributed by atoms with Crippen molar-refractivity contribution in [3.8, 4) is 0 Å². The van der Waals surface area contributed by atoms with E-state index in [1.807, 2.05) is 0 Å². The molecule has 1 amide bonds. The Morgan fingerprint density at radius 3 is 2.17 bits per heavy atom. The molecule has 0 aliphatic carbocycles. The Labute approximate surface area is 150 Å². The van der Waals surface area contributed by atoms with Gasteiger partial charge in [-0.05, 0) is 53.4 Å². The SMILES string of the molecule is CC(C)=CCC/C(C)=C/CC/C(C)=C/CSC[C@H](NC=O)C(=O)O. The van der Waals surface area contributed by atoms with Gasteiger partial charge < -0.3 is 10.4 Å². The summed E-state index contributed by atoms with van der Waals surface area (Å²) in [7, 11) is 0. The molecule has 2 N–H and O–H groups in total. The van der Waals surface area contributed by atoms with Crippen molar-refractivity contribution < 1.29 is 14.7 Å². The molecule has 0 radical (unpaired) electrons. The van der Waals surface area contributed by atoms with Crippen LogP contribution in [0.5, 0.6) is 0 Å². The number of hydrogen-bond donors (Lipinski definition) is 2. The molecule has 0 bridgehead atoms. The number of carbonyl (C=O) groups is 2. The third-order valence-electron chi connectivity index (χ3n) is 3.52. The van der Waals surface area contributed by atoms with Crippen LogP contribution >= 0.6 is 11.8 Å². The standard InChI is InChI=1S/C19H31NO3S/c1-15(2)7-5-8-16(3)9-6-10-17(4)11-12-24-13-18(19(22)23)20-14-21/h7,9,11,14,18H,5-6,8,10,12-13H2,1-4H3,(H,20,21)(H,22,23)/b16-9+,17-11+/t18-/m0/s1. The lowest BCUT2D eigenvalue weighted by Gasteiger charge is -2.09. The Morgan fingerprint density at radius 1 is 1.04 bits per heavy atom. The van der Waals surface area contributed by atoms with E-state index in [1.54, 1.807) is 0 Å². The number of aliphatic carboxylic acids is 1. The van der Waals surface area contributed by atoms with Crippen LogP contribution in [0.3, 0.4) is 0 Å². The van der Waals surface area contributed by atoms with Crippen LogP contribution in [0, 0.1) is 0 Å². The van der Waals surface area contributed by atoms with Crippen molar-refractivity contribution in [1.82, 2.24) is 5.32 Å². The minimum absolute atomic E-state index is 0.376. The predicted molar refractivity (Wildman–Crippen MR) is 103 cm³/mol. The molecule has 0 aliphatic heterocycles.